The molecular formula is C18H23F3N2O4. The van der Waals surface area contributed by atoms with E-state index in [0.717, 1.165) is 12.1 Å². The monoisotopic (exact) mass is 388 g/mol. The first-order valence-corrected chi connectivity index (χ1v) is 8.50. The number of halogens is 3. The van der Waals surface area contributed by atoms with Crippen LogP contribution in [-0.4, -0.2) is 58.7 Å². The molecule has 2 rings (SSSR count). The van der Waals surface area contributed by atoms with Crippen molar-refractivity contribution in [2.24, 2.45) is 0 Å². The number of carbonyl (C=O) groups excluding carboxylic acids is 1. The third kappa shape index (κ3) is 5.59. The van der Waals surface area contributed by atoms with Crippen molar-refractivity contribution in [2.45, 2.75) is 38.6 Å². The first-order valence-electron chi connectivity index (χ1n) is 8.50. The maximum Gasteiger partial charge on any atom is 0.416 e. The molecule has 9 heteroatoms. The Morgan fingerprint density at radius 2 is 1.70 bits per heavy atom. The van der Waals surface area contributed by atoms with Crippen molar-refractivity contribution in [2.75, 3.05) is 26.2 Å². The van der Waals surface area contributed by atoms with Crippen LogP contribution in [0.1, 0.15) is 37.9 Å². The standard InChI is InChI=1S/C18H23F3N2O4/c1-17(2,3)27-16(26)23-9-7-22(8-10-23)14(15(24)25)12-5-4-6-13(11-12)18(19,20)21/h4-6,11,14H,7-10H2,1-3H3,(H,24,25). The van der Waals surface area contributed by atoms with Gasteiger partial charge in [0.15, 0.2) is 0 Å². The largest absolute Gasteiger partial charge is 0.480 e. The van der Waals surface area contributed by atoms with E-state index in [1.54, 1.807) is 25.7 Å². The van der Waals surface area contributed by atoms with Crippen molar-refractivity contribution in [3.8, 4) is 0 Å². The lowest BCUT2D eigenvalue weighted by atomic mass is 10.0. The molecule has 1 aliphatic rings. The summed E-state index contributed by atoms with van der Waals surface area (Å²) in [6.45, 7) is 6.13. The molecule has 1 aliphatic heterocycles. The predicted octanol–water partition coefficient (Wildman–Crippen LogP) is 3.38. The lowest BCUT2D eigenvalue weighted by Crippen LogP contribution is -2.52. The van der Waals surface area contributed by atoms with Crippen LogP contribution in [0.3, 0.4) is 0 Å². The van der Waals surface area contributed by atoms with Gasteiger partial charge in [0.25, 0.3) is 0 Å². The molecule has 1 heterocycles. The summed E-state index contributed by atoms with van der Waals surface area (Å²) in [7, 11) is 0. The highest BCUT2D eigenvalue weighted by Gasteiger charge is 2.35. The smallest absolute Gasteiger partial charge is 0.416 e. The Balaban J connectivity index is 2.12. The van der Waals surface area contributed by atoms with Gasteiger partial charge < -0.3 is 14.7 Å². The second kappa shape index (κ2) is 7.75. The van der Waals surface area contributed by atoms with Crippen LogP contribution in [0.5, 0.6) is 0 Å². The van der Waals surface area contributed by atoms with E-state index in [0.29, 0.717) is 0 Å². The van der Waals surface area contributed by atoms with Gasteiger partial charge in [0.05, 0.1) is 5.56 Å². The Hall–Kier alpha value is -2.29. The summed E-state index contributed by atoms with van der Waals surface area (Å²) in [4.78, 5) is 26.8. The number of piperazine rings is 1. The number of amides is 1. The van der Waals surface area contributed by atoms with Crippen LogP contribution in [0.2, 0.25) is 0 Å². The molecule has 1 amide bonds. The van der Waals surface area contributed by atoms with Crippen molar-refractivity contribution in [3.63, 3.8) is 0 Å². The van der Waals surface area contributed by atoms with Crippen molar-refractivity contribution < 1.29 is 32.6 Å². The molecule has 150 valence electrons. The fraction of sp³-hybridized carbons (Fsp3) is 0.556. The highest BCUT2D eigenvalue weighted by atomic mass is 19.4. The van der Waals surface area contributed by atoms with Crippen LogP contribution in [0, 0.1) is 0 Å². The Morgan fingerprint density at radius 1 is 1.11 bits per heavy atom. The SMILES string of the molecule is CC(C)(C)OC(=O)N1CCN(C(C(=O)O)c2cccc(C(F)(F)F)c2)CC1. The topological polar surface area (TPSA) is 70.1 Å². The normalized spacial score (nSPS) is 17.5. The first-order chi connectivity index (χ1) is 12.4. The van der Waals surface area contributed by atoms with Crippen molar-refractivity contribution in [1.29, 1.82) is 0 Å². The number of rotatable bonds is 3. The Kier molecular flexibility index (Phi) is 6.04. The zero-order valence-electron chi connectivity index (χ0n) is 15.4. The molecule has 0 spiro atoms. The molecule has 27 heavy (non-hydrogen) atoms. The number of alkyl halides is 3. The maximum atomic E-state index is 12.9. The molecule has 0 bridgehead atoms. The fourth-order valence-corrected chi connectivity index (χ4v) is 2.88. The highest BCUT2D eigenvalue weighted by molar-refractivity contribution is 5.76. The summed E-state index contributed by atoms with van der Waals surface area (Å²) >= 11 is 0. The van der Waals surface area contributed by atoms with Gasteiger partial charge in [-0.2, -0.15) is 13.2 Å². The van der Waals surface area contributed by atoms with E-state index >= 15 is 0 Å². The summed E-state index contributed by atoms with van der Waals surface area (Å²) < 4.78 is 44.1. The summed E-state index contributed by atoms with van der Waals surface area (Å²) in [6, 6.07) is 3.12. The van der Waals surface area contributed by atoms with E-state index in [-0.39, 0.29) is 31.7 Å². The average Bonchev–Trinajstić information content (AvgIpc) is 2.53. The van der Waals surface area contributed by atoms with Gasteiger partial charge in [-0.1, -0.05) is 12.1 Å². The third-order valence-corrected chi connectivity index (χ3v) is 4.09. The number of carboxylic acids is 1. The highest BCUT2D eigenvalue weighted by Crippen LogP contribution is 2.32. The molecule has 0 saturated carbocycles. The van der Waals surface area contributed by atoms with E-state index in [4.69, 9.17) is 4.74 Å². The van der Waals surface area contributed by atoms with Gasteiger partial charge in [0, 0.05) is 26.2 Å². The van der Waals surface area contributed by atoms with Crippen LogP contribution in [0.4, 0.5) is 18.0 Å². The molecule has 1 unspecified atom stereocenters. The van der Waals surface area contributed by atoms with E-state index in [2.05, 4.69) is 0 Å². The van der Waals surface area contributed by atoms with Gasteiger partial charge in [-0.25, -0.2) is 4.79 Å². The quantitative estimate of drug-likeness (QED) is 0.860. The number of carboxylic acid groups (broad SMARTS) is 1. The predicted molar refractivity (Wildman–Crippen MR) is 91.2 cm³/mol. The molecule has 0 aromatic heterocycles. The summed E-state index contributed by atoms with van der Waals surface area (Å²) in [6.07, 6.45) is -5.04. The van der Waals surface area contributed by atoms with E-state index in [1.165, 1.54) is 17.0 Å². The van der Waals surface area contributed by atoms with Gasteiger partial charge >= 0.3 is 18.2 Å². The van der Waals surface area contributed by atoms with E-state index in [1.807, 2.05) is 0 Å². The average molecular weight is 388 g/mol. The number of aliphatic carboxylic acids is 1. The van der Waals surface area contributed by atoms with Crippen LogP contribution >= 0.6 is 0 Å². The van der Waals surface area contributed by atoms with Crippen LogP contribution in [-0.2, 0) is 15.7 Å². The number of benzene rings is 1. The van der Waals surface area contributed by atoms with E-state index < -0.39 is 35.4 Å². The van der Waals surface area contributed by atoms with Gasteiger partial charge in [-0.15, -0.1) is 0 Å². The minimum Gasteiger partial charge on any atom is -0.480 e. The fourth-order valence-electron chi connectivity index (χ4n) is 2.88. The minimum absolute atomic E-state index is 0.0584. The molecular weight excluding hydrogens is 365 g/mol. The molecule has 1 aromatic carbocycles. The molecule has 1 saturated heterocycles. The molecule has 1 aromatic rings. The van der Waals surface area contributed by atoms with Crippen LogP contribution < -0.4 is 0 Å². The minimum atomic E-state index is -4.55. The Morgan fingerprint density at radius 3 is 2.19 bits per heavy atom. The number of nitrogens with zero attached hydrogens (tertiary/aromatic N) is 2. The van der Waals surface area contributed by atoms with Gasteiger partial charge in [0.2, 0.25) is 0 Å². The lowest BCUT2D eigenvalue weighted by Gasteiger charge is -2.38. The third-order valence-electron chi connectivity index (χ3n) is 4.09. The van der Waals surface area contributed by atoms with Crippen molar-refractivity contribution >= 4 is 12.1 Å². The Bertz CT molecular complexity index is 693. The van der Waals surface area contributed by atoms with Crippen LogP contribution in [0.25, 0.3) is 0 Å². The molecule has 1 atom stereocenters. The van der Waals surface area contributed by atoms with E-state index in [9.17, 15) is 27.9 Å². The number of carbonyl (C=O) groups is 2. The maximum absolute atomic E-state index is 12.9. The number of hydrogen-bond donors (Lipinski definition) is 1. The molecule has 0 radical (unpaired) electrons. The van der Waals surface area contributed by atoms with Crippen LogP contribution in [0.15, 0.2) is 24.3 Å². The van der Waals surface area contributed by atoms with Crippen molar-refractivity contribution in [3.05, 3.63) is 35.4 Å². The first kappa shape index (κ1) is 21.0. The van der Waals surface area contributed by atoms with Gasteiger partial charge in [-0.3, -0.25) is 9.69 Å². The summed E-state index contributed by atoms with van der Waals surface area (Å²) in [5.41, 5.74) is -1.47. The Labute approximate surface area is 155 Å². The number of hydrogen-bond acceptors (Lipinski definition) is 4. The summed E-state index contributed by atoms with van der Waals surface area (Å²) in [5.74, 6) is -1.24. The van der Waals surface area contributed by atoms with Gasteiger partial charge in [0.1, 0.15) is 11.6 Å². The second-order valence-electron chi connectivity index (χ2n) is 7.37. The molecule has 1 N–H and O–H groups in total. The molecule has 0 aliphatic carbocycles. The molecule has 1 fully saturated rings. The van der Waals surface area contributed by atoms with Gasteiger partial charge in [-0.05, 0) is 38.5 Å². The lowest BCUT2D eigenvalue weighted by molar-refractivity contribution is -0.145. The zero-order chi connectivity index (χ0) is 20.4. The summed E-state index contributed by atoms with van der Waals surface area (Å²) in [5, 5.41) is 9.57. The van der Waals surface area contributed by atoms with Crippen molar-refractivity contribution in [1.82, 2.24) is 9.80 Å². The second-order valence-corrected chi connectivity index (χ2v) is 7.37. The zero-order valence-corrected chi connectivity index (χ0v) is 15.4. The molecule has 6 nitrogen and oxygen atoms in total. The number of ether oxygens (including phenoxy) is 1.